The number of ether oxygens (including phenoxy) is 1. The zero-order valence-electron chi connectivity index (χ0n) is 21.4. The van der Waals surface area contributed by atoms with Crippen LogP contribution in [0.1, 0.15) is 97.5 Å². The summed E-state index contributed by atoms with van der Waals surface area (Å²) in [6, 6.07) is 8.46. The molecule has 0 bridgehead atoms. The van der Waals surface area contributed by atoms with E-state index in [0.29, 0.717) is 13.0 Å². The van der Waals surface area contributed by atoms with Gasteiger partial charge in [-0.25, -0.2) is 0 Å². The summed E-state index contributed by atoms with van der Waals surface area (Å²) in [7, 11) is 0. The molecule has 0 fully saturated rings. The van der Waals surface area contributed by atoms with E-state index in [9.17, 15) is 4.79 Å². The molecule has 0 saturated carbocycles. The van der Waals surface area contributed by atoms with Crippen molar-refractivity contribution < 1.29 is 14.6 Å². The van der Waals surface area contributed by atoms with Gasteiger partial charge in [-0.15, -0.1) is 0 Å². The van der Waals surface area contributed by atoms with Gasteiger partial charge in [0.15, 0.2) is 0 Å². The van der Waals surface area contributed by atoms with Gasteiger partial charge < -0.3 is 15.2 Å². The molecule has 0 aliphatic carbocycles. The molecular formula is C29H47NO3. The predicted octanol–water partition coefficient (Wildman–Crippen LogP) is 6.87. The lowest BCUT2D eigenvalue weighted by Crippen LogP contribution is -2.34. The van der Waals surface area contributed by atoms with Crippen LogP contribution in [0.5, 0.6) is 5.75 Å². The molecule has 33 heavy (non-hydrogen) atoms. The molecule has 186 valence electrons. The number of rotatable bonds is 18. The van der Waals surface area contributed by atoms with Crippen LogP contribution in [0.2, 0.25) is 0 Å². The molecule has 1 aromatic carbocycles. The topological polar surface area (TPSA) is 58.6 Å². The molecule has 2 N–H and O–H groups in total. The van der Waals surface area contributed by atoms with E-state index in [1.807, 2.05) is 0 Å². The van der Waals surface area contributed by atoms with E-state index in [2.05, 4.69) is 74.7 Å². The third-order valence-electron chi connectivity index (χ3n) is 5.91. The predicted molar refractivity (Wildman–Crippen MR) is 140 cm³/mol. The molecule has 1 amide bonds. The Labute approximate surface area is 202 Å². The number of aliphatic hydroxyl groups excluding tert-OH is 1. The smallest absolute Gasteiger partial charge is 0.220 e. The number of aliphatic hydroxyl groups is 1. The molecule has 1 aromatic rings. The Bertz CT molecular complexity index is 691. The van der Waals surface area contributed by atoms with Crippen LogP contribution >= 0.6 is 0 Å². The highest BCUT2D eigenvalue weighted by Crippen LogP contribution is 2.30. The molecule has 0 radical (unpaired) electrons. The first-order valence-electron chi connectivity index (χ1n) is 12.8. The summed E-state index contributed by atoms with van der Waals surface area (Å²) in [6.07, 6.45) is 19.0. The number of carbonyl (C=O) groups excluding carboxylic acids is 1. The number of benzene rings is 1. The first-order chi connectivity index (χ1) is 15.9. The van der Waals surface area contributed by atoms with Gasteiger partial charge in [0, 0.05) is 12.5 Å². The summed E-state index contributed by atoms with van der Waals surface area (Å²) in [5, 5.41) is 11.7. The Morgan fingerprint density at radius 2 is 1.73 bits per heavy atom. The van der Waals surface area contributed by atoms with E-state index in [-0.39, 0.29) is 24.0 Å². The van der Waals surface area contributed by atoms with Gasteiger partial charge in [-0.3, -0.25) is 4.79 Å². The average Bonchev–Trinajstić information content (AvgIpc) is 2.80. The monoisotopic (exact) mass is 457 g/mol. The van der Waals surface area contributed by atoms with Crippen LogP contribution in [0.25, 0.3) is 0 Å². The van der Waals surface area contributed by atoms with Crippen LogP contribution in [0.4, 0.5) is 0 Å². The molecule has 1 rings (SSSR count). The minimum Gasteiger partial charge on any atom is -0.493 e. The highest BCUT2D eigenvalue weighted by atomic mass is 16.5. The summed E-state index contributed by atoms with van der Waals surface area (Å²) in [5.74, 6) is 0.942. The largest absolute Gasteiger partial charge is 0.493 e. The van der Waals surface area contributed by atoms with Crippen molar-refractivity contribution in [3.8, 4) is 5.75 Å². The normalized spacial score (nSPS) is 13.0. The van der Waals surface area contributed by atoms with E-state index in [1.165, 1.54) is 37.7 Å². The molecule has 4 heteroatoms. The van der Waals surface area contributed by atoms with Crippen molar-refractivity contribution in [2.75, 3.05) is 13.2 Å². The van der Waals surface area contributed by atoms with Crippen LogP contribution in [0.15, 0.2) is 48.6 Å². The Hall–Kier alpha value is -2.07. The first kappa shape index (κ1) is 29.0. The molecule has 0 spiro atoms. The second kappa shape index (κ2) is 17.4. The lowest BCUT2D eigenvalue weighted by atomic mass is 9.80. The average molecular weight is 458 g/mol. The number of carbonyl (C=O) groups is 1. The summed E-state index contributed by atoms with van der Waals surface area (Å²) < 4.78 is 5.88. The van der Waals surface area contributed by atoms with Crippen molar-refractivity contribution in [2.45, 2.75) is 103 Å². The number of hydrogen-bond acceptors (Lipinski definition) is 3. The number of nitrogens with one attached hydrogen (secondary N) is 1. The van der Waals surface area contributed by atoms with Crippen molar-refractivity contribution >= 4 is 5.91 Å². The van der Waals surface area contributed by atoms with Gasteiger partial charge in [-0.05, 0) is 62.1 Å². The molecular weight excluding hydrogens is 410 g/mol. The maximum Gasteiger partial charge on any atom is 0.220 e. The van der Waals surface area contributed by atoms with Gasteiger partial charge in [0.1, 0.15) is 5.75 Å². The van der Waals surface area contributed by atoms with Gasteiger partial charge in [0.25, 0.3) is 0 Å². The highest BCUT2D eigenvalue weighted by molar-refractivity contribution is 5.76. The summed E-state index contributed by atoms with van der Waals surface area (Å²) in [6.45, 7) is 9.39. The van der Waals surface area contributed by atoms with Crippen molar-refractivity contribution in [3.05, 3.63) is 54.1 Å². The third kappa shape index (κ3) is 13.9. The highest BCUT2D eigenvalue weighted by Gasteiger charge is 2.19. The lowest BCUT2D eigenvalue weighted by molar-refractivity contribution is -0.122. The molecule has 0 aromatic heterocycles. The van der Waals surface area contributed by atoms with Crippen LogP contribution in [-0.2, 0) is 10.2 Å². The number of allylic oxidation sites excluding steroid dienone is 3. The van der Waals surface area contributed by atoms with Crippen LogP contribution < -0.4 is 10.1 Å². The zero-order valence-corrected chi connectivity index (χ0v) is 21.4. The number of amides is 1. The van der Waals surface area contributed by atoms with Crippen molar-refractivity contribution in [1.82, 2.24) is 5.32 Å². The van der Waals surface area contributed by atoms with E-state index in [4.69, 9.17) is 9.84 Å². The standard InChI is InChI=1S/C29H47NO3/c1-5-6-7-15-22-29(3,4)26-18-20-27(21-19-26)33-23-16-13-11-9-8-10-12-14-17-28(32)30-25(2)24-31/h8,10-11,13,18-21,25,31H,5-7,9,12,14-17,22-24H2,1-4H3,(H,30,32)/b10-8-,13-11-/t25-/m1/s1. The second-order valence-electron chi connectivity index (χ2n) is 9.58. The Balaban J connectivity index is 2.16. The van der Waals surface area contributed by atoms with E-state index < -0.39 is 0 Å². The fourth-order valence-electron chi connectivity index (χ4n) is 3.67. The fraction of sp³-hybridized carbons (Fsp3) is 0.621. The fourth-order valence-corrected chi connectivity index (χ4v) is 3.67. The summed E-state index contributed by atoms with van der Waals surface area (Å²) >= 11 is 0. The first-order valence-corrected chi connectivity index (χ1v) is 12.8. The van der Waals surface area contributed by atoms with Crippen molar-refractivity contribution in [1.29, 1.82) is 0 Å². The van der Waals surface area contributed by atoms with Crippen LogP contribution in [-0.4, -0.2) is 30.3 Å². The molecule has 4 nitrogen and oxygen atoms in total. The minimum atomic E-state index is -0.168. The zero-order chi connectivity index (χ0) is 24.4. The quantitative estimate of drug-likeness (QED) is 0.187. The van der Waals surface area contributed by atoms with Gasteiger partial charge in [0.2, 0.25) is 5.91 Å². The second-order valence-corrected chi connectivity index (χ2v) is 9.58. The molecule has 1 atom stereocenters. The van der Waals surface area contributed by atoms with Gasteiger partial charge >= 0.3 is 0 Å². The molecule has 0 aliphatic rings. The SMILES string of the molecule is CCCCCCC(C)(C)c1ccc(OCC/C=C\C/C=C\CCCC(=O)N[C@H](C)CO)cc1. The van der Waals surface area contributed by atoms with Gasteiger partial charge in [0.05, 0.1) is 13.2 Å². The molecule has 0 saturated heterocycles. The number of hydrogen-bond donors (Lipinski definition) is 2. The van der Waals surface area contributed by atoms with E-state index >= 15 is 0 Å². The van der Waals surface area contributed by atoms with Crippen molar-refractivity contribution in [3.63, 3.8) is 0 Å². The Morgan fingerprint density at radius 1 is 1.03 bits per heavy atom. The summed E-state index contributed by atoms with van der Waals surface area (Å²) in [4.78, 5) is 11.6. The van der Waals surface area contributed by atoms with Gasteiger partial charge in [-0.1, -0.05) is 82.9 Å². The minimum absolute atomic E-state index is 0.00519. The third-order valence-corrected chi connectivity index (χ3v) is 5.91. The lowest BCUT2D eigenvalue weighted by Gasteiger charge is -2.25. The van der Waals surface area contributed by atoms with E-state index in [1.54, 1.807) is 6.92 Å². The van der Waals surface area contributed by atoms with Crippen molar-refractivity contribution in [2.24, 2.45) is 0 Å². The molecule has 0 unspecified atom stereocenters. The van der Waals surface area contributed by atoms with E-state index in [0.717, 1.165) is 31.4 Å². The number of unbranched alkanes of at least 4 members (excludes halogenated alkanes) is 4. The summed E-state index contributed by atoms with van der Waals surface area (Å²) in [5.41, 5.74) is 1.60. The van der Waals surface area contributed by atoms with Crippen LogP contribution in [0, 0.1) is 0 Å². The Kier molecular flexibility index (Phi) is 15.3. The maximum absolute atomic E-state index is 11.6. The Morgan fingerprint density at radius 3 is 2.39 bits per heavy atom. The van der Waals surface area contributed by atoms with Crippen LogP contribution in [0.3, 0.4) is 0 Å². The molecule has 0 aliphatic heterocycles. The van der Waals surface area contributed by atoms with Gasteiger partial charge in [-0.2, -0.15) is 0 Å². The molecule has 0 heterocycles. The maximum atomic E-state index is 11.6.